The Kier molecular flexibility index (Phi) is 3.06. The topological polar surface area (TPSA) is 37.3 Å². The first kappa shape index (κ1) is 11.2. The highest BCUT2D eigenvalue weighted by Gasteiger charge is 2.50. The van der Waals surface area contributed by atoms with Crippen LogP contribution in [0.2, 0.25) is 0 Å². The van der Waals surface area contributed by atoms with Crippen LogP contribution in [0.4, 0.5) is 0 Å². The van der Waals surface area contributed by atoms with Gasteiger partial charge in [0, 0.05) is 11.6 Å². The summed E-state index contributed by atoms with van der Waals surface area (Å²) in [6.45, 7) is 0. The summed E-state index contributed by atoms with van der Waals surface area (Å²) in [5, 5.41) is 0. The lowest BCUT2D eigenvalue weighted by atomic mass is 9.67. The molecule has 2 nitrogen and oxygen atoms in total. The smallest absolute Gasteiger partial charge is 0.185 e. The Morgan fingerprint density at radius 2 is 1.56 bits per heavy atom. The van der Waals surface area contributed by atoms with Crippen molar-refractivity contribution in [3.63, 3.8) is 0 Å². The molecule has 1 N–H and O–H groups in total. The van der Waals surface area contributed by atoms with E-state index in [-0.39, 0.29) is 11.4 Å². The summed E-state index contributed by atoms with van der Waals surface area (Å²) in [6.07, 6.45) is 9.76. The number of rotatable bonds is 0. The zero-order valence-corrected chi connectivity index (χ0v) is 10.7. The predicted molar refractivity (Wildman–Crippen MR) is 65.3 cm³/mol. The molecule has 1 heterocycles. The van der Waals surface area contributed by atoms with E-state index in [4.69, 9.17) is 0 Å². The molecule has 2 aliphatic carbocycles. The molecule has 3 aliphatic rings. The lowest BCUT2D eigenvalue weighted by Crippen LogP contribution is -2.44. The van der Waals surface area contributed by atoms with Gasteiger partial charge in [-0.15, -0.1) is 0 Å². The highest BCUT2D eigenvalue weighted by atomic mass is 31.1. The first-order chi connectivity index (χ1) is 7.79. The van der Waals surface area contributed by atoms with Gasteiger partial charge in [-0.1, -0.05) is 25.7 Å². The van der Waals surface area contributed by atoms with Gasteiger partial charge in [-0.05, 0) is 37.5 Å². The molecule has 0 aromatic rings. The zero-order chi connectivity index (χ0) is 11.1. The molecule has 5 atom stereocenters. The monoisotopic (exact) mass is 240 g/mol. The quantitative estimate of drug-likeness (QED) is 0.660. The van der Waals surface area contributed by atoms with Crippen LogP contribution in [-0.4, -0.2) is 16.1 Å². The van der Waals surface area contributed by atoms with Crippen LogP contribution >= 0.6 is 8.15 Å². The van der Waals surface area contributed by atoms with Crippen LogP contribution in [0, 0.1) is 17.8 Å². The molecule has 3 heteroatoms. The average Bonchev–Trinajstić information content (AvgIpc) is 2.36. The van der Waals surface area contributed by atoms with E-state index in [1.807, 2.05) is 0 Å². The lowest BCUT2D eigenvalue weighted by molar-refractivity contribution is -0.120. The van der Waals surface area contributed by atoms with Gasteiger partial charge >= 0.3 is 0 Å². The fourth-order valence-corrected chi connectivity index (χ4v) is 6.40. The maximum Gasteiger partial charge on any atom is 0.185 e. The third-order valence-electron chi connectivity index (χ3n) is 5.01. The van der Waals surface area contributed by atoms with Crippen molar-refractivity contribution in [2.75, 3.05) is 0 Å². The van der Waals surface area contributed by atoms with E-state index in [1.165, 1.54) is 38.5 Å². The van der Waals surface area contributed by atoms with Crippen molar-refractivity contribution in [2.24, 2.45) is 17.8 Å². The maximum atomic E-state index is 12.2. The molecule has 2 saturated carbocycles. The normalized spacial score (nSPS) is 48.3. The summed E-state index contributed by atoms with van der Waals surface area (Å²) in [4.78, 5) is 22.4. The third kappa shape index (κ3) is 1.66. The number of hydrogen-bond donors (Lipinski definition) is 1. The highest BCUT2D eigenvalue weighted by Crippen LogP contribution is 2.60. The van der Waals surface area contributed by atoms with Crippen LogP contribution in [-0.2, 0) is 4.79 Å². The van der Waals surface area contributed by atoms with Gasteiger partial charge in [-0.2, -0.15) is 0 Å². The third-order valence-corrected chi connectivity index (χ3v) is 7.06. The maximum absolute atomic E-state index is 12.2. The Labute approximate surface area is 98.6 Å². The van der Waals surface area contributed by atoms with Gasteiger partial charge in [0.2, 0.25) is 0 Å². The fraction of sp³-hybridized carbons (Fsp3) is 0.923. The number of hydrogen-bond acceptors (Lipinski definition) is 2. The SMILES string of the molecule is O=C1C2CCCCC2C2CCCCC2P1O. The molecule has 90 valence electrons. The van der Waals surface area contributed by atoms with Gasteiger partial charge in [0.15, 0.2) is 5.52 Å². The summed E-state index contributed by atoms with van der Waals surface area (Å²) < 4.78 is 0. The van der Waals surface area contributed by atoms with Crippen LogP contribution < -0.4 is 0 Å². The molecule has 0 radical (unpaired) electrons. The van der Waals surface area contributed by atoms with Crippen molar-refractivity contribution in [1.29, 1.82) is 0 Å². The fourth-order valence-electron chi connectivity index (χ4n) is 4.26. The second-order valence-corrected chi connectivity index (χ2v) is 7.55. The highest BCUT2D eigenvalue weighted by molar-refractivity contribution is 7.70. The molecule has 1 saturated heterocycles. The molecule has 5 unspecified atom stereocenters. The molecule has 0 bridgehead atoms. The molecule has 0 aromatic carbocycles. The summed E-state index contributed by atoms with van der Waals surface area (Å²) in [7, 11) is -1.29. The van der Waals surface area contributed by atoms with E-state index in [9.17, 15) is 9.69 Å². The predicted octanol–water partition coefficient (Wildman–Crippen LogP) is 3.28. The Hall–Kier alpha value is 0.0600. The Bertz CT molecular complexity index is 292. The van der Waals surface area contributed by atoms with E-state index >= 15 is 0 Å². The Morgan fingerprint density at radius 3 is 2.38 bits per heavy atom. The second-order valence-electron chi connectivity index (χ2n) is 5.75. The van der Waals surface area contributed by atoms with Crippen molar-refractivity contribution >= 4 is 13.7 Å². The van der Waals surface area contributed by atoms with E-state index in [0.717, 1.165) is 12.8 Å². The van der Waals surface area contributed by atoms with Crippen LogP contribution in [0.5, 0.6) is 0 Å². The van der Waals surface area contributed by atoms with Crippen molar-refractivity contribution < 1.29 is 9.69 Å². The molecule has 0 aromatic heterocycles. The average molecular weight is 240 g/mol. The largest absolute Gasteiger partial charge is 0.366 e. The summed E-state index contributed by atoms with van der Waals surface area (Å²) in [6, 6.07) is 0. The molecular weight excluding hydrogens is 219 g/mol. The zero-order valence-electron chi connectivity index (χ0n) is 9.77. The standard InChI is InChI=1S/C13H21O2P/c14-13-11-7-2-1-5-9(11)10-6-3-4-8-12(10)16(13)15/h9-12,15H,1-8H2. The van der Waals surface area contributed by atoms with Crippen LogP contribution in [0.25, 0.3) is 0 Å². The van der Waals surface area contributed by atoms with Gasteiger partial charge in [0.1, 0.15) is 0 Å². The molecule has 0 spiro atoms. The Balaban J connectivity index is 1.87. The number of carbonyl (C=O) groups excluding carboxylic acids is 1. The minimum atomic E-state index is -1.29. The van der Waals surface area contributed by atoms with E-state index < -0.39 is 8.15 Å². The van der Waals surface area contributed by atoms with Gasteiger partial charge in [0.25, 0.3) is 0 Å². The second kappa shape index (κ2) is 4.38. The first-order valence-electron chi connectivity index (χ1n) is 6.81. The van der Waals surface area contributed by atoms with E-state index in [0.29, 0.717) is 17.5 Å². The number of carbonyl (C=O) groups is 1. The van der Waals surface area contributed by atoms with E-state index in [1.54, 1.807) is 0 Å². The summed E-state index contributed by atoms with van der Waals surface area (Å²) in [5.41, 5.74) is 0.624. The molecule has 1 aliphatic heterocycles. The minimum Gasteiger partial charge on any atom is -0.366 e. The molecular formula is C13H21O2P. The van der Waals surface area contributed by atoms with Gasteiger partial charge < -0.3 is 4.89 Å². The molecule has 3 rings (SSSR count). The Morgan fingerprint density at radius 1 is 0.938 bits per heavy atom. The van der Waals surface area contributed by atoms with Gasteiger partial charge in [-0.3, -0.25) is 4.79 Å². The van der Waals surface area contributed by atoms with Gasteiger partial charge in [0.05, 0.1) is 8.15 Å². The first-order valence-corrected chi connectivity index (χ1v) is 8.17. The van der Waals surface area contributed by atoms with Crippen LogP contribution in [0.3, 0.4) is 0 Å². The van der Waals surface area contributed by atoms with Crippen molar-refractivity contribution in [1.82, 2.24) is 0 Å². The van der Waals surface area contributed by atoms with Crippen molar-refractivity contribution in [3.8, 4) is 0 Å². The van der Waals surface area contributed by atoms with Crippen molar-refractivity contribution in [2.45, 2.75) is 57.0 Å². The van der Waals surface area contributed by atoms with Gasteiger partial charge in [-0.25, -0.2) is 0 Å². The molecule has 3 fully saturated rings. The minimum absolute atomic E-state index is 0.240. The number of fused-ring (bicyclic) bond motifs is 3. The van der Waals surface area contributed by atoms with Crippen LogP contribution in [0.1, 0.15) is 51.4 Å². The molecule has 16 heavy (non-hydrogen) atoms. The summed E-state index contributed by atoms with van der Waals surface area (Å²) in [5.74, 6) is 1.56. The van der Waals surface area contributed by atoms with Crippen LogP contribution in [0.15, 0.2) is 0 Å². The van der Waals surface area contributed by atoms with E-state index in [2.05, 4.69) is 0 Å². The molecule has 0 amide bonds. The summed E-state index contributed by atoms with van der Waals surface area (Å²) >= 11 is 0. The van der Waals surface area contributed by atoms with Crippen molar-refractivity contribution in [3.05, 3.63) is 0 Å². The lowest BCUT2D eigenvalue weighted by Gasteiger charge is -2.48.